The lowest BCUT2D eigenvalue weighted by Crippen LogP contribution is -2.35. The van der Waals surface area contributed by atoms with E-state index in [1.807, 2.05) is 31.2 Å². The molecule has 2 rings (SSSR count). The van der Waals surface area contributed by atoms with Gasteiger partial charge in [0, 0.05) is 6.54 Å². The van der Waals surface area contributed by atoms with Gasteiger partial charge in [0.1, 0.15) is 6.04 Å². The van der Waals surface area contributed by atoms with Crippen LogP contribution in [0.4, 0.5) is 8.78 Å². The number of carbonyl (C=O) groups excluding carboxylic acids is 1. The van der Waals surface area contributed by atoms with Gasteiger partial charge in [0.05, 0.1) is 7.11 Å². The molecule has 0 bridgehead atoms. The van der Waals surface area contributed by atoms with Crippen LogP contribution >= 0.6 is 12.4 Å². The Balaban J connectivity index is 0.00000364. The molecule has 0 aliphatic heterocycles. The highest BCUT2D eigenvalue weighted by atomic mass is 35.5. The molecule has 2 aromatic rings. The molecule has 1 atom stereocenters. The summed E-state index contributed by atoms with van der Waals surface area (Å²) in [7, 11) is 1.38. The van der Waals surface area contributed by atoms with Gasteiger partial charge in [-0.2, -0.15) is 8.78 Å². The summed E-state index contributed by atoms with van der Waals surface area (Å²) in [4.78, 5) is 12.2. The smallest absolute Gasteiger partial charge is 0.387 e. The monoisotopic (exact) mass is 400 g/mol. The van der Waals surface area contributed by atoms with E-state index >= 15 is 0 Å². The van der Waals surface area contributed by atoms with Crippen LogP contribution < -0.4 is 20.5 Å². The number of carbonyl (C=O) groups is 1. The first-order valence-electron chi connectivity index (χ1n) is 8.12. The number of hydrogen-bond acceptors (Lipinski definition) is 4. The summed E-state index contributed by atoms with van der Waals surface area (Å²) in [6.07, 6.45) is 0.440. The molecule has 5 nitrogen and oxygen atoms in total. The first-order chi connectivity index (χ1) is 12.4. The molecule has 8 heteroatoms. The van der Waals surface area contributed by atoms with Gasteiger partial charge in [0.15, 0.2) is 11.5 Å². The summed E-state index contributed by atoms with van der Waals surface area (Å²) >= 11 is 0. The van der Waals surface area contributed by atoms with E-state index in [9.17, 15) is 13.6 Å². The van der Waals surface area contributed by atoms with Gasteiger partial charge < -0.3 is 20.5 Å². The number of halogens is 3. The fourth-order valence-corrected chi connectivity index (χ4v) is 2.43. The molecule has 1 amide bonds. The third-order valence-corrected chi connectivity index (χ3v) is 3.88. The lowest BCUT2D eigenvalue weighted by Gasteiger charge is -2.14. The zero-order valence-electron chi connectivity index (χ0n) is 15.1. The Morgan fingerprint density at radius 1 is 1.15 bits per heavy atom. The van der Waals surface area contributed by atoms with Crippen LogP contribution in [0, 0.1) is 6.92 Å². The Morgan fingerprint density at radius 3 is 2.41 bits per heavy atom. The summed E-state index contributed by atoms with van der Waals surface area (Å²) < 4.78 is 34.3. The molecule has 0 saturated heterocycles. The normalized spacial score (nSPS) is 11.5. The summed E-state index contributed by atoms with van der Waals surface area (Å²) in [5.74, 6) is -0.117. The Bertz CT molecular complexity index is 742. The second kappa shape index (κ2) is 10.7. The van der Waals surface area contributed by atoms with Crippen LogP contribution in [0.2, 0.25) is 0 Å². The standard InChI is InChI=1S/C19H22F2N2O3.ClH/c1-12-3-6-14(7-4-12)17(22)18(24)23-10-9-13-5-8-15(25-2)16(11-13)26-19(20)21;/h3-8,11,17,19H,9-10,22H2,1-2H3,(H,23,24);1H. The maximum atomic E-state index is 12.5. The summed E-state index contributed by atoms with van der Waals surface area (Å²) in [6, 6.07) is 11.4. The van der Waals surface area contributed by atoms with Crippen LogP contribution in [0.5, 0.6) is 11.5 Å². The fraction of sp³-hybridized carbons (Fsp3) is 0.316. The van der Waals surface area contributed by atoms with Crippen molar-refractivity contribution >= 4 is 18.3 Å². The summed E-state index contributed by atoms with van der Waals surface area (Å²) in [5.41, 5.74) is 8.49. The van der Waals surface area contributed by atoms with Crippen LogP contribution in [0.3, 0.4) is 0 Å². The summed E-state index contributed by atoms with van der Waals surface area (Å²) in [5, 5.41) is 2.75. The predicted molar refractivity (Wildman–Crippen MR) is 102 cm³/mol. The number of amides is 1. The van der Waals surface area contributed by atoms with E-state index < -0.39 is 12.7 Å². The Kier molecular flexibility index (Phi) is 8.97. The molecule has 0 radical (unpaired) electrons. The first kappa shape index (κ1) is 22.7. The molecular formula is C19H23ClF2N2O3. The van der Waals surface area contributed by atoms with Crippen LogP contribution in [0.1, 0.15) is 22.7 Å². The van der Waals surface area contributed by atoms with Gasteiger partial charge >= 0.3 is 6.61 Å². The third kappa shape index (κ3) is 6.69. The molecule has 0 aliphatic carbocycles. The molecule has 0 aliphatic rings. The second-order valence-electron chi connectivity index (χ2n) is 5.79. The van der Waals surface area contributed by atoms with E-state index in [0.29, 0.717) is 13.0 Å². The average molecular weight is 401 g/mol. The van der Waals surface area contributed by atoms with E-state index in [4.69, 9.17) is 10.5 Å². The predicted octanol–water partition coefficient (Wildman–Crippen LogP) is 3.39. The molecule has 0 fully saturated rings. The highest BCUT2D eigenvalue weighted by Gasteiger charge is 2.15. The zero-order valence-corrected chi connectivity index (χ0v) is 15.9. The molecule has 27 heavy (non-hydrogen) atoms. The number of nitrogens with one attached hydrogen (secondary N) is 1. The van der Waals surface area contributed by atoms with Crippen LogP contribution in [0.25, 0.3) is 0 Å². The quantitative estimate of drug-likeness (QED) is 0.712. The van der Waals surface area contributed by atoms with Crippen molar-refractivity contribution in [1.82, 2.24) is 5.32 Å². The minimum absolute atomic E-state index is 0. The number of benzene rings is 2. The molecule has 2 aromatic carbocycles. The van der Waals surface area contributed by atoms with Gasteiger partial charge in [-0.25, -0.2) is 0 Å². The van der Waals surface area contributed by atoms with E-state index in [1.54, 1.807) is 12.1 Å². The zero-order chi connectivity index (χ0) is 19.1. The van der Waals surface area contributed by atoms with E-state index in [0.717, 1.165) is 16.7 Å². The lowest BCUT2D eigenvalue weighted by atomic mass is 10.1. The van der Waals surface area contributed by atoms with Gasteiger partial charge in [0.2, 0.25) is 5.91 Å². The minimum Gasteiger partial charge on any atom is -0.493 e. The van der Waals surface area contributed by atoms with Crippen LogP contribution in [-0.4, -0.2) is 26.2 Å². The lowest BCUT2D eigenvalue weighted by molar-refractivity contribution is -0.122. The Hall–Kier alpha value is -2.38. The molecular weight excluding hydrogens is 378 g/mol. The topological polar surface area (TPSA) is 73.6 Å². The Morgan fingerprint density at radius 2 is 1.81 bits per heavy atom. The maximum absolute atomic E-state index is 12.5. The molecule has 0 heterocycles. The number of hydrogen-bond donors (Lipinski definition) is 2. The van der Waals surface area contributed by atoms with E-state index in [2.05, 4.69) is 10.1 Å². The molecule has 148 valence electrons. The molecule has 1 unspecified atom stereocenters. The molecule has 0 spiro atoms. The van der Waals surface area contributed by atoms with E-state index in [-0.39, 0.29) is 29.8 Å². The number of methoxy groups -OCH3 is 1. The highest BCUT2D eigenvalue weighted by molar-refractivity contribution is 5.85. The van der Waals surface area contributed by atoms with Crippen LogP contribution in [-0.2, 0) is 11.2 Å². The van der Waals surface area contributed by atoms with Crippen molar-refractivity contribution in [3.8, 4) is 11.5 Å². The second-order valence-corrected chi connectivity index (χ2v) is 5.79. The highest BCUT2D eigenvalue weighted by Crippen LogP contribution is 2.29. The van der Waals surface area contributed by atoms with Crippen LogP contribution in [0.15, 0.2) is 42.5 Å². The van der Waals surface area contributed by atoms with Gasteiger partial charge in [-0.15, -0.1) is 12.4 Å². The third-order valence-electron chi connectivity index (χ3n) is 3.88. The van der Waals surface area contributed by atoms with Gasteiger partial charge in [-0.05, 0) is 36.6 Å². The number of rotatable bonds is 8. The number of alkyl halides is 2. The SMILES string of the molecule is COc1ccc(CCNC(=O)C(N)c2ccc(C)cc2)cc1OC(F)F.Cl. The summed E-state index contributed by atoms with van der Waals surface area (Å²) in [6.45, 7) is -0.666. The number of nitrogens with two attached hydrogens (primary N) is 1. The van der Waals surface area contributed by atoms with Crippen molar-refractivity contribution in [2.75, 3.05) is 13.7 Å². The van der Waals surface area contributed by atoms with Crippen molar-refractivity contribution in [3.63, 3.8) is 0 Å². The van der Waals surface area contributed by atoms with Crippen molar-refractivity contribution in [3.05, 3.63) is 59.2 Å². The maximum Gasteiger partial charge on any atom is 0.387 e. The fourth-order valence-electron chi connectivity index (χ4n) is 2.43. The van der Waals surface area contributed by atoms with Crippen molar-refractivity contribution in [2.45, 2.75) is 26.0 Å². The van der Waals surface area contributed by atoms with Crippen molar-refractivity contribution in [1.29, 1.82) is 0 Å². The van der Waals surface area contributed by atoms with Crippen molar-refractivity contribution < 1.29 is 23.0 Å². The van der Waals surface area contributed by atoms with Crippen molar-refractivity contribution in [2.24, 2.45) is 5.73 Å². The number of ether oxygens (including phenoxy) is 2. The van der Waals surface area contributed by atoms with Gasteiger partial charge in [0.25, 0.3) is 0 Å². The molecule has 3 N–H and O–H groups in total. The average Bonchev–Trinajstić information content (AvgIpc) is 2.61. The molecule has 0 aromatic heterocycles. The number of aryl methyl sites for hydroxylation is 1. The van der Waals surface area contributed by atoms with Gasteiger partial charge in [-0.3, -0.25) is 4.79 Å². The largest absolute Gasteiger partial charge is 0.493 e. The first-order valence-corrected chi connectivity index (χ1v) is 8.12. The Labute approximate surface area is 163 Å². The molecule has 0 saturated carbocycles. The van der Waals surface area contributed by atoms with Gasteiger partial charge in [-0.1, -0.05) is 35.9 Å². The minimum atomic E-state index is -2.94. The van der Waals surface area contributed by atoms with E-state index in [1.165, 1.54) is 13.2 Å².